The Morgan fingerprint density at radius 2 is 2.31 bits per heavy atom. The van der Waals surface area contributed by atoms with Gasteiger partial charge >= 0.3 is 0 Å². The average molecular weight is 219 g/mol. The fourth-order valence-electron chi connectivity index (χ4n) is 1.76. The van der Waals surface area contributed by atoms with E-state index in [0.717, 1.165) is 16.8 Å². The molecule has 0 saturated carbocycles. The summed E-state index contributed by atoms with van der Waals surface area (Å²) < 4.78 is 0. The summed E-state index contributed by atoms with van der Waals surface area (Å²) in [5.74, 6) is -0.0911. The topological polar surface area (TPSA) is 70.2 Å². The highest BCUT2D eigenvalue weighted by Crippen LogP contribution is 2.23. The van der Waals surface area contributed by atoms with Gasteiger partial charge in [-0.1, -0.05) is 12.1 Å². The van der Waals surface area contributed by atoms with Crippen LogP contribution in [0.3, 0.4) is 0 Å². The Labute approximate surface area is 93.2 Å². The van der Waals surface area contributed by atoms with Crippen LogP contribution in [0.15, 0.2) is 18.2 Å². The molecule has 0 saturated heterocycles. The molecular formula is C11H13N3O2. The van der Waals surface area contributed by atoms with Crippen molar-refractivity contribution in [3.63, 3.8) is 0 Å². The Kier molecular flexibility index (Phi) is 2.87. The molecular weight excluding hydrogens is 206 g/mol. The second-order valence-electron chi connectivity index (χ2n) is 3.69. The zero-order valence-electron chi connectivity index (χ0n) is 8.96. The summed E-state index contributed by atoms with van der Waals surface area (Å²) in [6, 6.07) is 5.57. The van der Waals surface area contributed by atoms with E-state index in [0.29, 0.717) is 12.8 Å². The van der Waals surface area contributed by atoms with E-state index in [1.54, 1.807) is 7.05 Å². The molecule has 0 fully saturated rings. The Morgan fingerprint density at radius 1 is 1.50 bits per heavy atom. The van der Waals surface area contributed by atoms with Crippen molar-refractivity contribution in [2.24, 2.45) is 0 Å². The van der Waals surface area contributed by atoms with Gasteiger partial charge in [0.2, 0.25) is 11.8 Å². The van der Waals surface area contributed by atoms with Crippen molar-refractivity contribution in [2.75, 3.05) is 12.4 Å². The van der Waals surface area contributed by atoms with E-state index in [4.69, 9.17) is 0 Å². The number of hydrogen-bond acceptors (Lipinski definition) is 3. The van der Waals surface area contributed by atoms with Gasteiger partial charge in [-0.05, 0) is 17.2 Å². The predicted octanol–water partition coefficient (Wildman–Crippen LogP) is -0.0257. The van der Waals surface area contributed by atoms with Crippen LogP contribution in [-0.4, -0.2) is 18.9 Å². The largest absolute Gasteiger partial charge is 0.326 e. The quantitative estimate of drug-likeness (QED) is 0.625. The van der Waals surface area contributed by atoms with Crippen LogP contribution in [0.1, 0.15) is 11.1 Å². The summed E-state index contributed by atoms with van der Waals surface area (Å²) in [5, 5.41) is 2.75. The van der Waals surface area contributed by atoms with Gasteiger partial charge in [0.05, 0.1) is 12.8 Å². The van der Waals surface area contributed by atoms with E-state index in [1.807, 2.05) is 18.2 Å². The van der Waals surface area contributed by atoms with Gasteiger partial charge in [-0.3, -0.25) is 15.0 Å². The molecule has 0 radical (unpaired) electrons. The summed E-state index contributed by atoms with van der Waals surface area (Å²) in [7, 11) is 1.64. The van der Waals surface area contributed by atoms with E-state index < -0.39 is 0 Å². The molecule has 0 atom stereocenters. The summed E-state index contributed by atoms with van der Waals surface area (Å²) in [6.07, 6.45) is 0.707. The van der Waals surface area contributed by atoms with Crippen molar-refractivity contribution in [1.29, 1.82) is 0 Å². The minimum Gasteiger partial charge on any atom is -0.326 e. The van der Waals surface area contributed by atoms with Crippen molar-refractivity contribution >= 4 is 17.5 Å². The standard InChI is InChI=1S/C11H13N3O2/c1-12-14-11(16)5-7-2-3-9-8(4-7)6-10(15)13-9/h2-4,12H,5-6H2,1H3,(H,13,15)(H,14,16). The third kappa shape index (κ3) is 2.20. The van der Waals surface area contributed by atoms with E-state index in [9.17, 15) is 9.59 Å². The third-order valence-electron chi connectivity index (χ3n) is 2.42. The van der Waals surface area contributed by atoms with Crippen molar-refractivity contribution in [3.05, 3.63) is 29.3 Å². The number of rotatable bonds is 3. The molecule has 1 heterocycles. The number of hydrazine groups is 1. The first-order valence-corrected chi connectivity index (χ1v) is 5.06. The molecule has 0 unspecified atom stereocenters. The maximum atomic E-state index is 11.3. The minimum absolute atomic E-state index is 0.00632. The molecule has 2 rings (SSSR count). The first-order chi connectivity index (χ1) is 7.69. The lowest BCUT2D eigenvalue weighted by Crippen LogP contribution is -2.35. The van der Waals surface area contributed by atoms with Crippen molar-refractivity contribution in [2.45, 2.75) is 12.8 Å². The Hall–Kier alpha value is -1.88. The monoisotopic (exact) mass is 219 g/mol. The van der Waals surface area contributed by atoms with Gasteiger partial charge in [0.1, 0.15) is 0 Å². The lowest BCUT2D eigenvalue weighted by molar-refractivity contribution is -0.121. The lowest BCUT2D eigenvalue weighted by Gasteiger charge is -2.04. The molecule has 5 nitrogen and oxygen atoms in total. The van der Waals surface area contributed by atoms with E-state index in [-0.39, 0.29) is 11.8 Å². The van der Waals surface area contributed by atoms with Gasteiger partial charge in [-0.25, -0.2) is 5.43 Å². The fourth-order valence-corrected chi connectivity index (χ4v) is 1.76. The van der Waals surface area contributed by atoms with Crippen molar-refractivity contribution < 1.29 is 9.59 Å². The van der Waals surface area contributed by atoms with Gasteiger partial charge in [-0.15, -0.1) is 0 Å². The van der Waals surface area contributed by atoms with Gasteiger partial charge in [0.15, 0.2) is 0 Å². The van der Waals surface area contributed by atoms with Gasteiger partial charge in [-0.2, -0.15) is 0 Å². The minimum atomic E-state index is -0.0975. The first-order valence-electron chi connectivity index (χ1n) is 5.06. The molecule has 1 aliphatic heterocycles. The maximum Gasteiger partial charge on any atom is 0.238 e. The predicted molar refractivity (Wildman–Crippen MR) is 59.7 cm³/mol. The highest BCUT2D eigenvalue weighted by Gasteiger charge is 2.17. The van der Waals surface area contributed by atoms with Crippen LogP contribution in [0, 0.1) is 0 Å². The highest BCUT2D eigenvalue weighted by molar-refractivity contribution is 5.99. The fraction of sp³-hybridized carbons (Fsp3) is 0.273. The van der Waals surface area contributed by atoms with Crippen LogP contribution in [0.5, 0.6) is 0 Å². The lowest BCUT2D eigenvalue weighted by atomic mass is 10.1. The van der Waals surface area contributed by atoms with Crippen molar-refractivity contribution in [1.82, 2.24) is 10.9 Å². The molecule has 0 aromatic heterocycles. The molecule has 0 aliphatic carbocycles. The molecule has 84 valence electrons. The van der Waals surface area contributed by atoms with Gasteiger partial charge < -0.3 is 5.32 Å². The molecule has 1 aliphatic rings. The molecule has 0 spiro atoms. The van der Waals surface area contributed by atoms with Crippen LogP contribution in [0.25, 0.3) is 0 Å². The van der Waals surface area contributed by atoms with Crippen molar-refractivity contribution in [3.8, 4) is 0 Å². The van der Waals surface area contributed by atoms with Crippen LogP contribution in [0.4, 0.5) is 5.69 Å². The average Bonchev–Trinajstić information content (AvgIpc) is 2.57. The Morgan fingerprint density at radius 3 is 3.06 bits per heavy atom. The normalized spacial score (nSPS) is 13.2. The summed E-state index contributed by atoms with van der Waals surface area (Å²) in [5.41, 5.74) is 7.79. The number of nitrogens with one attached hydrogen (secondary N) is 3. The van der Waals surface area contributed by atoms with Crippen LogP contribution >= 0.6 is 0 Å². The number of carbonyl (C=O) groups excluding carboxylic acids is 2. The number of fused-ring (bicyclic) bond motifs is 1. The van der Waals surface area contributed by atoms with Gasteiger partial charge in [0, 0.05) is 12.7 Å². The first kappa shape index (κ1) is 10.6. The zero-order chi connectivity index (χ0) is 11.5. The number of benzene rings is 1. The highest BCUT2D eigenvalue weighted by atomic mass is 16.2. The summed E-state index contributed by atoms with van der Waals surface area (Å²) >= 11 is 0. The van der Waals surface area contributed by atoms with E-state index >= 15 is 0 Å². The van der Waals surface area contributed by atoms with Crippen LogP contribution < -0.4 is 16.2 Å². The molecule has 16 heavy (non-hydrogen) atoms. The maximum absolute atomic E-state index is 11.3. The second kappa shape index (κ2) is 4.32. The molecule has 3 N–H and O–H groups in total. The second-order valence-corrected chi connectivity index (χ2v) is 3.69. The summed E-state index contributed by atoms with van der Waals surface area (Å²) in [6.45, 7) is 0. The smallest absolute Gasteiger partial charge is 0.238 e. The Bertz CT molecular complexity index is 443. The SMILES string of the molecule is CNNC(=O)Cc1ccc2c(c1)CC(=O)N2. The summed E-state index contributed by atoms with van der Waals surface area (Å²) in [4.78, 5) is 22.5. The number of amides is 2. The van der Waals surface area contributed by atoms with Gasteiger partial charge in [0.25, 0.3) is 0 Å². The Balaban J connectivity index is 2.10. The zero-order valence-corrected chi connectivity index (χ0v) is 8.96. The molecule has 5 heteroatoms. The van der Waals surface area contributed by atoms with Crippen LogP contribution in [-0.2, 0) is 22.4 Å². The van der Waals surface area contributed by atoms with E-state index in [1.165, 1.54) is 0 Å². The molecule has 1 aromatic rings. The van der Waals surface area contributed by atoms with E-state index in [2.05, 4.69) is 16.2 Å². The molecule has 0 bridgehead atoms. The molecule has 2 amide bonds. The number of hydrogen-bond donors (Lipinski definition) is 3. The van der Waals surface area contributed by atoms with Crippen LogP contribution in [0.2, 0.25) is 0 Å². The number of carbonyl (C=O) groups is 2. The molecule has 1 aromatic carbocycles. The number of anilines is 1. The third-order valence-corrected chi connectivity index (χ3v) is 2.42.